The Kier molecular flexibility index (Phi) is 5.17. The number of benzene rings is 1. The Labute approximate surface area is 161 Å². The predicted molar refractivity (Wildman–Crippen MR) is 108 cm³/mol. The molecule has 5 nitrogen and oxygen atoms in total. The molecule has 0 aliphatic carbocycles. The fourth-order valence-electron chi connectivity index (χ4n) is 3.57. The van der Waals surface area contributed by atoms with Crippen molar-refractivity contribution in [3.8, 4) is 0 Å². The van der Waals surface area contributed by atoms with Gasteiger partial charge in [0.05, 0.1) is 16.7 Å². The van der Waals surface area contributed by atoms with Gasteiger partial charge in [0.15, 0.2) is 0 Å². The maximum absolute atomic E-state index is 12.6. The van der Waals surface area contributed by atoms with Crippen LogP contribution < -0.4 is 4.90 Å². The Morgan fingerprint density at radius 1 is 1.22 bits per heavy atom. The number of aromatic nitrogens is 1. The summed E-state index contributed by atoms with van der Waals surface area (Å²) in [5.41, 5.74) is 1.23. The van der Waals surface area contributed by atoms with Crippen LogP contribution in [-0.2, 0) is 4.74 Å². The van der Waals surface area contributed by atoms with Gasteiger partial charge in [-0.3, -0.25) is 4.98 Å². The molecule has 0 atom stereocenters. The number of rotatable bonds is 3. The van der Waals surface area contributed by atoms with Crippen molar-refractivity contribution in [2.75, 3.05) is 18.0 Å². The first-order valence-electron chi connectivity index (χ1n) is 9.68. The zero-order valence-corrected chi connectivity index (χ0v) is 17.0. The number of piperidine rings is 1. The highest BCUT2D eigenvalue weighted by atomic mass is 16.6. The summed E-state index contributed by atoms with van der Waals surface area (Å²) < 4.78 is 5.56. The first-order valence-corrected chi connectivity index (χ1v) is 9.68. The number of carbonyl (C=O) groups excluding carboxylic acids is 1. The molecular weight excluding hydrogens is 340 g/mol. The third kappa shape index (κ3) is 4.24. The van der Waals surface area contributed by atoms with Gasteiger partial charge in [-0.15, -0.1) is 0 Å². The number of carbonyl (C=O) groups is 1. The van der Waals surface area contributed by atoms with E-state index in [1.54, 1.807) is 12.3 Å². The lowest BCUT2D eigenvalue weighted by atomic mass is 9.81. The lowest BCUT2D eigenvalue weighted by Gasteiger charge is -2.41. The third-order valence-electron chi connectivity index (χ3n) is 5.41. The molecule has 1 N–H and O–H groups in total. The second kappa shape index (κ2) is 7.12. The van der Waals surface area contributed by atoms with Crippen molar-refractivity contribution in [2.24, 2.45) is 5.92 Å². The van der Waals surface area contributed by atoms with Crippen LogP contribution in [0.25, 0.3) is 10.9 Å². The molecule has 1 aromatic heterocycles. The summed E-state index contributed by atoms with van der Waals surface area (Å²) in [6, 6.07) is 7.71. The number of ether oxygens (including phenoxy) is 1. The Morgan fingerprint density at radius 2 is 1.89 bits per heavy atom. The number of pyridine rings is 1. The SMILES string of the molecule is CC(C)C1(O)CCN(c2ccc3nccc(C(=O)OC(C)(C)C)c3c2)CC1. The third-order valence-corrected chi connectivity index (χ3v) is 5.41. The summed E-state index contributed by atoms with van der Waals surface area (Å²) in [6.45, 7) is 11.3. The number of nitrogens with zero attached hydrogens (tertiary/aromatic N) is 2. The molecule has 146 valence electrons. The smallest absolute Gasteiger partial charge is 0.339 e. The van der Waals surface area contributed by atoms with E-state index in [-0.39, 0.29) is 11.9 Å². The van der Waals surface area contributed by atoms with Crippen LogP contribution in [0.4, 0.5) is 5.69 Å². The topological polar surface area (TPSA) is 62.7 Å². The molecule has 1 saturated heterocycles. The minimum atomic E-state index is -0.587. The van der Waals surface area contributed by atoms with Gasteiger partial charge >= 0.3 is 5.97 Å². The Hall–Kier alpha value is -2.14. The van der Waals surface area contributed by atoms with Gasteiger partial charge in [-0.25, -0.2) is 4.79 Å². The van der Waals surface area contributed by atoms with Crippen LogP contribution in [-0.4, -0.2) is 40.4 Å². The van der Waals surface area contributed by atoms with E-state index in [0.717, 1.165) is 42.5 Å². The van der Waals surface area contributed by atoms with Crippen molar-refractivity contribution in [3.63, 3.8) is 0 Å². The summed E-state index contributed by atoms with van der Waals surface area (Å²) in [6.07, 6.45) is 3.13. The zero-order chi connectivity index (χ0) is 19.8. The van der Waals surface area contributed by atoms with Gasteiger partial charge in [0.2, 0.25) is 0 Å². The van der Waals surface area contributed by atoms with E-state index in [4.69, 9.17) is 4.74 Å². The molecular formula is C22H30N2O3. The Balaban J connectivity index is 1.89. The van der Waals surface area contributed by atoms with E-state index in [0.29, 0.717) is 5.56 Å². The number of hydrogen-bond acceptors (Lipinski definition) is 5. The van der Waals surface area contributed by atoms with Gasteiger partial charge in [-0.05, 0) is 63.8 Å². The van der Waals surface area contributed by atoms with Crippen LogP contribution >= 0.6 is 0 Å². The Morgan fingerprint density at radius 3 is 2.48 bits per heavy atom. The zero-order valence-electron chi connectivity index (χ0n) is 17.0. The summed E-state index contributed by atoms with van der Waals surface area (Å²) in [5.74, 6) is -0.0842. The number of esters is 1. The maximum atomic E-state index is 12.6. The van der Waals surface area contributed by atoms with Crippen molar-refractivity contribution < 1.29 is 14.6 Å². The van der Waals surface area contributed by atoms with Crippen LogP contribution in [0.1, 0.15) is 57.8 Å². The normalized spacial score (nSPS) is 17.4. The van der Waals surface area contributed by atoms with E-state index in [9.17, 15) is 9.90 Å². The van der Waals surface area contributed by atoms with Crippen LogP contribution in [0.2, 0.25) is 0 Å². The molecule has 2 heterocycles. The van der Waals surface area contributed by atoms with Crippen LogP contribution in [0.5, 0.6) is 0 Å². The highest BCUT2D eigenvalue weighted by Gasteiger charge is 2.35. The summed E-state index contributed by atoms with van der Waals surface area (Å²) in [7, 11) is 0. The fraction of sp³-hybridized carbons (Fsp3) is 0.545. The summed E-state index contributed by atoms with van der Waals surface area (Å²) in [4.78, 5) is 19.3. The molecule has 1 fully saturated rings. The minimum Gasteiger partial charge on any atom is -0.456 e. The minimum absolute atomic E-state index is 0.249. The van der Waals surface area contributed by atoms with E-state index < -0.39 is 11.2 Å². The van der Waals surface area contributed by atoms with Crippen LogP contribution in [0.15, 0.2) is 30.5 Å². The van der Waals surface area contributed by atoms with E-state index >= 15 is 0 Å². The van der Waals surface area contributed by atoms with Crippen LogP contribution in [0, 0.1) is 5.92 Å². The quantitative estimate of drug-likeness (QED) is 0.821. The van der Waals surface area contributed by atoms with E-state index in [2.05, 4.69) is 23.7 Å². The molecule has 0 amide bonds. The molecule has 0 bridgehead atoms. The first kappa shape index (κ1) is 19.6. The Bertz CT molecular complexity index is 831. The van der Waals surface area contributed by atoms with Gasteiger partial charge in [0, 0.05) is 30.4 Å². The van der Waals surface area contributed by atoms with Crippen molar-refractivity contribution in [1.82, 2.24) is 4.98 Å². The number of fused-ring (bicyclic) bond motifs is 1. The molecule has 3 rings (SSSR count). The lowest BCUT2D eigenvalue weighted by Crippen LogP contribution is -2.47. The highest BCUT2D eigenvalue weighted by molar-refractivity contribution is 6.04. The standard InChI is InChI=1S/C22H30N2O3/c1-15(2)22(26)9-12-24(13-10-22)16-6-7-19-18(14-16)17(8-11-23-19)20(25)27-21(3,4)5/h6-8,11,14-15,26H,9-10,12-13H2,1-5H3. The molecule has 0 radical (unpaired) electrons. The van der Waals surface area contributed by atoms with Gasteiger partial charge in [-0.2, -0.15) is 0 Å². The van der Waals surface area contributed by atoms with Gasteiger partial charge in [0.1, 0.15) is 5.60 Å². The molecule has 2 aromatic rings. The molecule has 1 aromatic carbocycles. The molecule has 0 unspecified atom stereocenters. The van der Waals surface area contributed by atoms with Crippen LogP contribution in [0.3, 0.4) is 0 Å². The average molecular weight is 370 g/mol. The van der Waals surface area contributed by atoms with E-state index in [1.807, 2.05) is 39.0 Å². The molecule has 1 aliphatic heterocycles. The predicted octanol–water partition coefficient (Wildman–Crippen LogP) is 4.18. The molecule has 0 saturated carbocycles. The van der Waals surface area contributed by atoms with Crippen molar-refractivity contribution >= 4 is 22.6 Å². The van der Waals surface area contributed by atoms with Crippen molar-refractivity contribution in [1.29, 1.82) is 0 Å². The average Bonchev–Trinajstić information content (AvgIpc) is 2.60. The monoisotopic (exact) mass is 370 g/mol. The second-order valence-corrected chi connectivity index (χ2v) is 8.81. The maximum Gasteiger partial charge on any atom is 0.339 e. The van der Waals surface area contributed by atoms with Gasteiger partial charge < -0.3 is 14.7 Å². The molecule has 5 heteroatoms. The molecule has 1 aliphatic rings. The first-order chi connectivity index (χ1) is 12.6. The molecule has 0 spiro atoms. The largest absolute Gasteiger partial charge is 0.456 e. The number of aliphatic hydroxyl groups is 1. The number of hydrogen-bond donors (Lipinski definition) is 1. The fourth-order valence-corrected chi connectivity index (χ4v) is 3.57. The van der Waals surface area contributed by atoms with Gasteiger partial charge in [-0.1, -0.05) is 13.8 Å². The lowest BCUT2D eigenvalue weighted by molar-refractivity contribution is -0.0262. The van der Waals surface area contributed by atoms with Crippen molar-refractivity contribution in [2.45, 2.75) is 58.7 Å². The molecule has 27 heavy (non-hydrogen) atoms. The highest BCUT2D eigenvalue weighted by Crippen LogP contribution is 2.33. The number of anilines is 1. The van der Waals surface area contributed by atoms with Crippen molar-refractivity contribution in [3.05, 3.63) is 36.0 Å². The second-order valence-electron chi connectivity index (χ2n) is 8.81. The van der Waals surface area contributed by atoms with Gasteiger partial charge in [0.25, 0.3) is 0 Å². The summed E-state index contributed by atoms with van der Waals surface area (Å²) >= 11 is 0. The summed E-state index contributed by atoms with van der Waals surface area (Å²) in [5, 5.41) is 11.5. The van der Waals surface area contributed by atoms with E-state index in [1.165, 1.54) is 0 Å².